The van der Waals surface area contributed by atoms with Crippen LogP contribution in [0.15, 0.2) is 52.4 Å². The third-order valence-corrected chi connectivity index (χ3v) is 10.3. The molecule has 2 atom stereocenters. The molecule has 2 aromatic heterocycles. The predicted molar refractivity (Wildman–Crippen MR) is 141 cm³/mol. The first-order chi connectivity index (χ1) is 17.7. The lowest BCUT2D eigenvalue weighted by molar-refractivity contribution is -0.959. The van der Waals surface area contributed by atoms with Crippen LogP contribution in [-0.4, -0.2) is 76.6 Å². The number of nitrogens with zero attached hydrogens (tertiary/aromatic N) is 4. The fourth-order valence-corrected chi connectivity index (χ4v) is 8.19. The van der Waals surface area contributed by atoms with Gasteiger partial charge in [-0.05, 0) is 11.4 Å². The number of hydrogen-bond acceptors (Lipinski definition) is 8. The molecule has 4 aliphatic heterocycles. The fourth-order valence-electron chi connectivity index (χ4n) is 5.92. The van der Waals surface area contributed by atoms with E-state index in [0.29, 0.717) is 35.8 Å². The van der Waals surface area contributed by atoms with E-state index in [0.717, 1.165) is 67.9 Å². The van der Waals surface area contributed by atoms with E-state index in [1.165, 1.54) is 4.88 Å². The number of carbonyl (C=O) groups excluding carboxylic acids is 1. The molecule has 0 amide bonds. The molecule has 0 N–H and O–H groups in total. The van der Waals surface area contributed by atoms with Gasteiger partial charge in [-0.2, -0.15) is 16.7 Å². The minimum atomic E-state index is -0.0537. The molecule has 190 valence electrons. The molecule has 7 rings (SSSR count). The molecular weight excluding hydrogens is 492 g/mol. The van der Waals surface area contributed by atoms with Crippen molar-refractivity contribution in [1.82, 2.24) is 15.0 Å². The van der Waals surface area contributed by atoms with Crippen LogP contribution >= 0.6 is 23.1 Å². The van der Waals surface area contributed by atoms with Gasteiger partial charge in [0.25, 0.3) is 5.89 Å². The summed E-state index contributed by atoms with van der Waals surface area (Å²) in [4.78, 5) is 21.4. The van der Waals surface area contributed by atoms with Gasteiger partial charge in [-0.3, -0.25) is 4.79 Å². The first kappa shape index (κ1) is 24.2. The van der Waals surface area contributed by atoms with Gasteiger partial charge in [0, 0.05) is 54.6 Å². The summed E-state index contributed by atoms with van der Waals surface area (Å²) >= 11 is 3.86. The first-order valence-corrected chi connectivity index (χ1v) is 14.9. The Balaban J connectivity index is 1.02. The first-order valence-electron chi connectivity index (χ1n) is 13.0. The summed E-state index contributed by atoms with van der Waals surface area (Å²) in [6.07, 6.45) is 2.63. The average molecular weight is 526 g/mol. The summed E-state index contributed by atoms with van der Waals surface area (Å²) in [5.74, 6) is 2.84. The predicted octanol–water partition coefficient (Wildman–Crippen LogP) is 4.63. The van der Waals surface area contributed by atoms with Crippen LogP contribution in [0.5, 0.6) is 0 Å². The van der Waals surface area contributed by atoms with Crippen molar-refractivity contribution in [2.75, 3.05) is 45.0 Å². The Labute approximate surface area is 220 Å². The van der Waals surface area contributed by atoms with Crippen molar-refractivity contribution < 1.29 is 18.5 Å². The number of rotatable bonds is 8. The molecule has 1 aromatic carbocycles. The number of thioether (sulfide) groups is 1. The van der Waals surface area contributed by atoms with Crippen LogP contribution in [0.4, 0.5) is 0 Å². The zero-order chi connectivity index (χ0) is 24.4. The van der Waals surface area contributed by atoms with E-state index in [1.54, 1.807) is 0 Å². The van der Waals surface area contributed by atoms with E-state index in [4.69, 9.17) is 9.26 Å². The Hall–Kier alpha value is -2.20. The third-order valence-electron chi connectivity index (χ3n) is 7.94. The second kappa shape index (κ2) is 10.7. The Morgan fingerprint density at radius 3 is 2.83 bits per heavy atom. The molecule has 1 unspecified atom stereocenters. The van der Waals surface area contributed by atoms with Gasteiger partial charge in [0.1, 0.15) is 6.54 Å². The standard InChI is InChI=1S/C27H33N4O3S2/c32-26(8-11-30-12-16-36-24(17-30)23-7-4-15-35-23)33-22-18-31(13-9-20(22)10-14-31)19-25-28-27(29-34-25)21-5-2-1-3-6-21/h1-7,15,20,22,24H,8-14,16-19H2/q+1/t20?,22-,24?,31?/m1/s1. The summed E-state index contributed by atoms with van der Waals surface area (Å²) in [7, 11) is 0. The molecule has 36 heavy (non-hydrogen) atoms. The van der Waals surface area contributed by atoms with Crippen LogP contribution in [-0.2, 0) is 16.1 Å². The second-order valence-electron chi connectivity index (χ2n) is 10.3. The SMILES string of the molecule is O=C(CCN1CCSC(c2cccs2)C1)O[C@@H]1C[N+]2(Cc3nc(-c4ccccc4)no3)CCC1CC2. The Morgan fingerprint density at radius 2 is 2.03 bits per heavy atom. The van der Waals surface area contributed by atoms with Gasteiger partial charge in [0.15, 0.2) is 12.6 Å². The molecule has 9 heteroatoms. The summed E-state index contributed by atoms with van der Waals surface area (Å²) in [6.45, 7) is 6.55. The highest BCUT2D eigenvalue weighted by Crippen LogP contribution is 2.38. The molecule has 4 fully saturated rings. The molecule has 0 spiro atoms. The molecule has 0 saturated carbocycles. The van der Waals surface area contributed by atoms with Crippen molar-refractivity contribution in [3.63, 3.8) is 0 Å². The van der Waals surface area contributed by atoms with E-state index in [2.05, 4.69) is 32.6 Å². The van der Waals surface area contributed by atoms with Crippen molar-refractivity contribution in [1.29, 1.82) is 0 Å². The third kappa shape index (κ3) is 5.39. The highest BCUT2D eigenvalue weighted by atomic mass is 32.2. The molecule has 4 aliphatic rings. The minimum absolute atomic E-state index is 0.00714. The van der Waals surface area contributed by atoms with E-state index in [1.807, 2.05) is 53.4 Å². The normalized spacial score (nSPS) is 28.3. The number of piperidine rings is 3. The number of ether oxygens (including phenoxy) is 1. The number of aromatic nitrogens is 2. The fraction of sp³-hybridized carbons (Fsp3) is 0.519. The quantitative estimate of drug-likeness (QED) is 0.314. The molecule has 3 aromatic rings. The maximum atomic E-state index is 12.9. The Morgan fingerprint density at radius 1 is 1.17 bits per heavy atom. The van der Waals surface area contributed by atoms with Crippen LogP contribution in [0.25, 0.3) is 11.4 Å². The van der Waals surface area contributed by atoms with Gasteiger partial charge in [-0.25, -0.2) is 0 Å². The summed E-state index contributed by atoms with van der Waals surface area (Å²) in [5, 5.41) is 6.87. The Kier molecular flexibility index (Phi) is 7.15. The number of fused-ring (bicyclic) bond motifs is 3. The van der Waals surface area contributed by atoms with E-state index >= 15 is 0 Å². The average Bonchev–Trinajstić information content (AvgIpc) is 3.62. The molecule has 2 bridgehead atoms. The van der Waals surface area contributed by atoms with Gasteiger partial charge < -0.3 is 18.6 Å². The van der Waals surface area contributed by atoms with Gasteiger partial charge in [0.05, 0.1) is 24.8 Å². The number of carbonyl (C=O) groups is 1. The summed E-state index contributed by atoms with van der Waals surface area (Å²) < 4.78 is 12.6. The lowest BCUT2D eigenvalue weighted by atomic mass is 9.83. The molecule has 6 heterocycles. The van der Waals surface area contributed by atoms with Crippen molar-refractivity contribution in [2.24, 2.45) is 5.92 Å². The number of quaternary nitrogens is 1. The molecule has 0 radical (unpaired) electrons. The topological polar surface area (TPSA) is 68.5 Å². The lowest BCUT2D eigenvalue weighted by Gasteiger charge is -2.51. The van der Waals surface area contributed by atoms with Gasteiger partial charge in [0.2, 0.25) is 5.82 Å². The smallest absolute Gasteiger partial charge is 0.307 e. The summed E-state index contributed by atoms with van der Waals surface area (Å²) in [5.41, 5.74) is 0.964. The minimum Gasteiger partial charge on any atom is -0.456 e. The van der Waals surface area contributed by atoms with Crippen molar-refractivity contribution in [3.05, 3.63) is 58.6 Å². The largest absolute Gasteiger partial charge is 0.456 e. The van der Waals surface area contributed by atoms with Crippen LogP contribution in [0.3, 0.4) is 0 Å². The highest BCUT2D eigenvalue weighted by molar-refractivity contribution is 7.99. The maximum Gasteiger partial charge on any atom is 0.307 e. The molecule has 0 aliphatic carbocycles. The maximum absolute atomic E-state index is 12.9. The number of benzene rings is 1. The van der Waals surface area contributed by atoms with Crippen LogP contribution in [0.1, 0.15) is 35.3 Å². The van der Waals surface area contributed by atoms with E-state index < -0.39 is 0 Å². The lowest BCUT2D eigenvalue weighted by Crippen LogP contribution is -2.63. The van der Waals surface area contributed by atoms with Crippen molar-refractivity contribution in [3.8, 4) is 11.4 Å². The number of esters is 1. The number of thiophene rings is 1. The van der Waals surface area contributed by atoms with Crippen molar-refractivity contribution >= 4 is 29.1 Å². The van der Waals surface area contributed by atoms with Gasteiger partial charge in [-0.15, -0.1) is 11.3 Å². The van der Waals surface area contributed by atoms with Gasteiger partial charge >= 0.3 is 5.97 Å². The molecular formula is C27H33N4O3S2+. The van der Waals surface area contributed by atoms with Gasteiger partial charge in [-0.1, -0.05) is 41.6 Å². The second-order valence-corrected chi connectivity index (χ2v) is 12.6. The molecule has 7 nitrogen and oxygen atoms in total. The zero-order valence-corrected chi connectivity index (χ0v) is 22.1. The van der Waals surface area contributed by atoms with Crippen molar-refractivity contribution in [2.45, 2.75) is 37.2 Å². The van der Waals surface area contributed by atoms with Crippen LogP contribution in [0.2, 0.25) is 0 Å². The van der Waals surface area contributed by atoms with Crippen LogP contribution in [0, 0.1) is 5.92 Å². The van der Waals surface area contributed by atoms with E-state index in [-0.39, 0.29) is 12.1 Å². The van der Waals surface area contributed by atoms with Crippen LogP contribution < -0.4 is 0 Å². The molecule has 4 saturated heterocycles. The summed E-state index contributed by atoms with van der Waals surface area (Å²) in [6, 6.07) is 14.3. The highest BCUT2D eigenvalue weighted by Gasteiger charge is 2.48. The van der Waals surface area contributed by atoms with E-state index in [9.17, 15) is 4.79 Å². The Bertz CT molecular complexity index is 1150. The monoisotopic (exact) mass is 525 g/mol. The number of hydrogen-bond donors (Lipinski definition) is 0. The zero-order valence-electron chi connectivity index (χ0n) is 20.5.